The molecule has 1 aromatic heterocycles. The molecule has 0 radical (unpaired) electrons. The predicted octanol–water partition coefficient (Wildman–Crippen LogP) is 2.39. The summed E-state index contributed by atoms with van der Waals surface area (Å²) in [5.41, 5.74) is 5.25. The molecule has 110 valence electrons. The van der Waals surface area contributed by atoms with Crippen molar-refractivity contribution in [3.63, 3.8) is 0 Å². The van der Waals surface area contributed by atoms with Crippen molar-refractivity contribution in [3.8, 4) is 0 Å². The molecule has 0 saturated carbocycles. The van der Waals surface area contributed by atoms with Gasteiger partial charge in [0.05, 0.1) is 0 Å². The number of nitrogens with zero attached hydrogens (tertiary/aromatic N) is 1. The lowest BCUT2D eigenvalue weighted by Gasteiger charge is -2.04. The molecule has 0 aliphatic heterocycles. The van der Waals surface area contributed by atoms with E-state index in [2.05, 4.69) is 31.4 Å². The first-order valence-electron chi connectivity index (χ1n) is 6.08. The van der Waals surface area contributed by atoms with Gasteiger partial charge in [0.2, 0.25) is 5.91 Å². The van der Waals surface area contributed by atoms with Crippen LogP contribution in [0.25, 0.3) is 0 Å². The normalized spacial score (nSPS) is 10.3. The maximum absolute atomic E-state index is 11.8. The lowest BCUT2D eigenvalue weighted by molar-refractivity contribution is -0.115. The van der Waals surface area contributed by atoms with E-state index in [1.54, 1.807) is 11.8 Å². The lowest BCUT2D eigenvalue weighted by Crippen LogP contribution is -2.12. The molecule has 4 N–H and O–H groups in total. The fourth-order valence-corrected chi connectivity index (χ4v) is 3.05. The third-order valence-electron chi connectivity index (χ3n) is 2.53. The van der Waals surface area contributed by atoms with Gasteiger partial charge in [-0.3, -0.25) is 14.7 Å². The van der Waals surface area contributed by atoms with Gasteiger partial charge in [-0.1, -0.05) is 12.1 Å². The Balaban J connectivity index is 1.79. The molecule has 6 nitrogen and oxygen atoms in total. The summed E-state index contributed by atoms with van der Waals surface area (Å²) >= 11 is 5.04. The summed E-state index contributed by atoms with van der Waals surface area (Å²) < 4.78 is 1.01. The van der Waals surface area contributed by atoms with Gasteiger partial charge in [-0.2, -0.15) is 5.10 Å². The summed E-state index contributed by atoms with van der Waals surface area (Å²) in [5.74, 6) is 0.144. The first-order valence-corrected chi connectivity index (χ1v) is 7.86. The fraction of sp³-hybridized carbons (Fsp3) is 0.154. The van der Waals surface area contributed by atoms with Gasteiger partial charge in [0.25, 0.3) is 5.91 Å². The van der Waals surface area contributed by atoms with Crippen molar-refractivity contribution in [2.45, 2.75) is 11.3 Å². The van der Waals surface area contributed by atoms with Crippen molar-refractivity contribution in [1.29, 1.82) is 0 Å². The number of hydrogen-bond donors (Lipinski definition) is 3. The summed E-state index contributed by atoms with van der Waals surface area (Å²) in [4.78, 5) is 23.7. The second-order valence-electron chi connectivity index (χ2n) is 4.11. The minimum Gasteiger partial charge on any atom is -0.364 e. The Bertz CT molecular complexity index is 659. The van der Waals surface area contributed by atoms with E-state index in [1.165, 1.54) is 6.07 Å². The van der Waals surface area contributed by atoms with E-state index in [1.807, 2.05) is 24.3 Å². The summed E-state index contributed by atoms with van der Waals surface area (Å²) in [6.07, 6.45) is 0.338. The monoisotopic (exact) mass is 368 g/mol. The molecule has 21 heavy (non-hydrogen) atoms. The second kappa shape index (κ2) is 7.28. The minimum absolute atomic E-state index is 0.160. The number of carbonyl (C=O) groups excluding carboxylic acids is 2. The number of nitrogens with two attached hydrogens (primary N) is 1. The molecule has 0 aliphatic rings. The van der Waals surface area contributed by atoms with Gasteiger partial charge >= 0.3 is 0 Å². The first kappa shape index (κ1) is 15.6. The van der Waals surface area contributed by atoms with Crippen LogP contribution in [0.4, 0.5) is 5.82 Å². The maximum atomic E-state index is 11.8. The van der Waals surface area contributed by atoms with Crippen molar-refractivity contribution < 1.29 is 9.59 Å². The van der Waals surface area contributed by atoms with Crippen LogP contribution in [0.1, 0.15) is 16.9 Å². The Morgan fingerprint density at radius 1 is 1.38 bits per heavy atom. The number of benzene rings is 1. The third kappa shape index (κ3) is 4.61. The zero-order valence-electron chi connectivity index (χ0n) is 10.9. The number of primary amides is 1. The smallest absolute Gasteiger partial charge is 0.266 e. The molecule has 2 aromatic rings. The van der Waals surface area contributed by atoms with Crippen LogP contribution in [0.3, 0.4) is 0 Å². The van der Waals surface area contributed by atoms with E-state index in [0.29, 0.717) is 18.0 Å². The number of thioether (sulfide) groups is 1. The average Bonchev–Trinajstić information content (AvgIpc) is 2.89. The van der Waals surface area contributed by atoms with Gasteiger partial charge < -0.3 is 11.1 Å². The summed E-state index contributed by atoms with van der Waals surface area (Å²) in [5, 5.41) is 8.84. The van der Waals surface area contributed by atoms with Gasteiger partial charge in [-0.05, 0) is 28.1 Å². The van der Waals surface area contributed by atoms with Crippen LogP contribution in [0.15, 0.2) is 39.7 Å². The molecule has 0 bridgehead atoms. The molecule has 0 fully saturated rings. The van der Waals surface area contributed by atoms with E-state index in [0.717, 1.165) is 9.37 Å². The number of rotatable bonds is 6. The fourth-order valence-electron chi connectivity index (χ4n) is 1.53. The Hall–Kier alpha value is -1.80. The average molecular weight is 369 g/mol. The number of anilines is 1. The third-order valence-corrected chi connectivity index (χ3v) is 4.56. The topological polar surface area (TPSA) is 101 Å². The van der Waals surface area contributed by atoms with Gasteiger partial charge in [0.15, 0.2) is 5.82 Å². The number of amides is 2. The first-order chi connectivity index (χ1) is 10.1. The van der Waals surface area contributed by atoms with Crippen LogP contribution in [0.5, 0.6) is 0 Å². The van der Waals surface area contributed by atoms with Crippen LogP contribution in [0, 0.1) is 0 Å². The molecule has 0 unspecified atom stereocenters. The van der Waals surface area contributed by atoms with Gasteiger partial charge in [-0.25, -0.2) is 0 Å². The van der Waals surface area contributed by atoms with E-state index in [-0.39, 0.29) is 11.6 Å². The number of carbonyl (C=O) groups is 2. The molecule has 2 amide bonds. The number of nitrogens with one attached hydrogen (secondary N) is 2. The van der Waals surface area contributed by atoms with Crippen molar-refractivity contribution >= 4 is 45.3 Å². The van der Waals surface area contributed by atoms with Gasteiger partial charge in [0, 0.05) is 27.6 Å². The number of halogens is 1. The van der Waals surface area contributed by atoms with Gasteiger partial charge in [0.1, 0.15) is 5.69 Å². The number of hydrogen-bond acceptors (Lipinski definition) is 4. The summed E-state index contributed by atoms with van der Waals surface area (Å²) in [6.45, 7) is 0. The highest BCUT2D eigenvalue weighted by Gasteiger charge is 2.09. The van der Waals surface area contributed by atoms with E-state index in [9.17, 15) is 9.59 Å². The highest BCUT2D eigenvalue weighted by Crippen LogP contribution is 2.27. The molecule has 0 spiro atoms. The standard InChI is InChI=1S/C13H13BrN4O2S/c14-8-3-1-2-4-10(8)21-6-5-12(19)16-11-7-9(13(15)20)17-18-11/h1-4,7H,5-6H2,(H2,15,20)(H2,16,17,18,19). The van der Waals surface area contributed by atoms with Crippen LogP contribution in [0.2, 0.25) is 0 Å². The van der Waals surface area contributed by atoms with E-state index >= 15 is 0 Å². The van der Waals surface area contributed by atoms with Crippen molar-refractivity contribution in [1.82, 2.24) is 10.2 Å². The van der Waals surface area contributed by atoms with Crippen LogP contribution >= 0.6 is 27.7 Å². The molecule has 0 atom stereocenters. The zero-order chi connectivity index (χ0) is 15.2. The molecular weight excluding hydrogens is 356 g/mol. The highest BCUT2D eigenvalue weighted by atomic mass is 79.9. The Morgan fingerprint density at radius 3 is 2.81 bits per heavy atom. The molecular formula is C13H13BrN4O2S. The summed E-state index contributed by atoms with van der Waals surface area (Å²) in [6, 6.07) is 9.23. The van der Waals surface area contributed by atoms with Crippen molar-refractivity contribution in [3.05, 3.63) is 40.5 Å². The number of aromatic nitrogens is 2. The molecule has 1 aromatic carbocycles. The van der Waals surface area contributed by atoms with Crippen molar-refractivity contribution in [2.24, 2.45) is 5.73 Å². The molecule has 8 heteroatoms. The van der Waals surface area contributed by atoms with Crippen LogP contribution in [-0.4, -0.2) is 27.8 Å². The predicted molar refractivity (Wildman–Crippen MR) is 85.2 cm³/mol. The SMILES string of the molecule is NC(=O)c1cc(NC(=O)CCSc2ccccc2Br)n[nH]1. The van der Waals surface area contributed by atoms with E-state index in [4.69, 9.17) is 5.73 Å². The molecule has 2 rings (SSSR count). The molecule has 0 aliphatic carbocycles. The zero-order valence-corrected chi connectivity index (χ0v) is 13.3. The quantitative estimate of drug-likeness (QED) is 0.681. The Kier molecular flexibility index (Phi) is 5.40. The summed E-state index contributed by atoms with van der Waals surface area (Å²) in [7, 11) is 0. The minimum atomic E-state index is -0.618. The van der Waals surface area contributed by atoms with Crippen molar-refractivity contribution in [2.75, 3.05) is 11.1 Å². The maximum Gasteiger partial charge on any atom is 0.266 e. The Morgan fingerprint density at radius 2 is 2.14 bits per heavy atom. The lowest BCUT2D eigenvalue weighted by atomic mass is 10.4. The highest BCUT2D eigenvalue weighted by molar-refractivity contribution is 9.10. The van der Waals surface area contributed by atoms with Crippen LogP contribution < -0.4 is 11.1 Å². The van der Waals surface area contributed by atoms with Gasteiger partial charge in [-0.15, -0.1) is 11.8 Å². The largest absolute Gasteiger partial charge is 0.364 e. The number of H-pyrrole nitrogens is 1. The molecule has 1 heterocycles. The Labute approximate surface area is 134 Å². The second-order valence-corrected chi connectivity index (χ2v) is 6.10. The van der Waals surface area contributed by atoms with Crippen LogP contribution in [-0.2, 0) is 4.79 Å². The number of aromatic amines is 1. The van der Waals surface area contributed by atoms with E-state index < -0.39 is 5.91 Å². The molecule has 0 saturated heterocycles.